The zero-order valence-corrected chi connectivity index (χ0v) is 9.07. The molecule has 0 aliphatic carbocycles. The number of nitrogens with two attached hydrogens (primary N) is 1. The van der Waals surface area contributed by atoms with Crippen molar-refractivity contribution in [1.29, 1.82) is 0 Å². The number of nitrogens with zero attached hydrogens (tertiary/aromatic N) is 1. The van der Waals surface area contributed by atoms with E-state index in [2.05, 4.69) is 4.90 Å². The summed E-state index contributed by atoms with van der Waals surface area (Å²) in [6.07, 6.45) is 0.845. The minimum absolute atomic E-state index is 0.0133. The lowest BCUT2D eigenvalue weighted by atomic mass is 10.1. The van der Waals surface area contributed by atoms with Crippen molar-refractivity contribution in [3.05, 3.63) is 29.3 Å². The van der Waals surface area contributed by atoms with Crippen molar-refractivity contribution in [2.24, 2.45) is 11.7 Å². The fraction of sp³-hybridized carbons (Fsp3) is 0.364. The van der Waals surface area contributed by atoms with Crippen molar-refractivity contribution in [2.75, 3.05) is 18.0 Å². The highest BCUT2D eigenvalue weighted by Gasteiger charge is 2.26. The standard InChI is InChI=1S/C11H13ClN2O/c12-9-1-3-10(4-2-9)14-6-5-8(7-14)11(13)15/h1-4,8H,5-7H2,(H2,13,15). The molecule has 0 radical (unpaired) electrons. The maximum atomic E-state index is 11.0. The lowest BCUT2D eigenvalue weighted by Crippen LogP contribution is -2.27. The molecular weight excluding hydrogens is 212 g/mol. The summed E-state index contributed by atoms with van der Waals surface area (Å²) >= 11 is 5.80. The number of primary amides is 1. The van der Waals surface area contributed by atoms with Gasteiger partial charge in [-0.05, 0) is 30.7 Å². The van der Waals surface area contributed by atoms with Gasteiger partial charge in [-0.2, -0.15) is 0 Å². The molecule has 1 aromatic rings. The molecular formula is C11H13ClN2O. The first kappa shape index (κ1) is 10.3. The van der Waals surface area contributed by atoms with Crippen LogP contribution >= 0.6 is 11.6 Å². The van der Waals surface area contributed by atoms with Gasteiger partial charge in [0.2, 0.25) is 5.91 Å². The Kier molecular flexibility index (Phi) is 2.82. The van der Waals surface area contributed by atoms with E-state index < -0.39 is 0 Å². The van der Waals surface area contributed by atoms with Crippen LogP contribution in [-0.2, 0) is 4.79 Å². The molecule has 0 bridgehead atoms. The number of hydrogen-bond donors (Lipinski definition) is 1. The third-order valence-corrected chi connectivity index (χ3v) is 3.03. The summed E-state index contributed by atoms with van der Waals surface area (Å²) in [4.78, 5) is 13.2. The average Bonchev–Trinajstić information content (AvgIpc) is 2.68. The Bertz CT molecular complexity index is 363. The highest BCUT2D eigenvalue weighted by atomic mass is 35.5. The Morgan fingerprint density at radius 2 is 2.07 bits per heavy atom. The number of benzene rings is 1. The van der Waals surface area contributed by atoms with Crippen LogP contribution in [0.2, 0.25) is 5.02 Å². The fourth-order valence-electron chi connectivity index (χ4n) is 1.88. The molecule has 2 N–H and O–H groups in total. The maximum absolute atomic E-state index is 11.0. The van der Waals surface area contributed by atoms with E-state index in [1.54, 1.807) is 0 Å². The van der Waals surface area contributed by atoms with Crippen LogP contribution in [-0.4, -0.2) is 19.0 Å². The Morgan fingerprint density at radius 3 is 2.60 bits per heavy atom. The van der Waals surface area contributed by atoms with Crippen molar-refractivity contribution in [1.82, 2.24) is 0 Å². The van der Waals surface area contributed by atoms with Crippen LogP contribution in [0.15, 0.2) is 24.3 Å². The molecule has 0 aromatic heterocycles. The van der Waals surface area contributed by atoms with E-state index in [1.165, 1.54) is 0 Å². The van der Waals surface area contributed by atoms with Crippen molar-refractivity contribution < 1.29 is 4.79 Å². The summed E-state index contributed by atoms with van der Waals surface area (Å²) in [5, 5.41) is 0.726. The van der Waals surface area contributed by atoms with Crippen LogP contribution < -0.4 is 10.6 Å². The third kappa shape index (κ3) is 2.23. The van der Waals surface area contributed by atoms with Gasteiger partial charge in [0.05, 0.1) is 5.92 Å². The lowest BCUT2D eigenvalue weighted by molar-refractivity contribution is -0.121. The Hall–Kier alpha value is -1.22. The molecule has 2 rings (SSSR count). The summed E-state index contributed by atoms with van der Waals surface area (Å²) in [7, 11) is 0. The first-order valence-electron chi connectivity index (χ1n) is 4.96. The van der Waals surface area contributed by atoms with Gasteiger partial charge >= 0.3 is 0 Å². The molecule has 4 heteroatoms. The van der Waals surface area contributed by atoms with Gasteiger partial charge in [-0.15, -0.1) is 0 Å². The molecule has 15 heavy (non-hydrogen) atoms. The lowest BCUT2D eigenvalue weighted by Gasteiger charge is -2.17. The van der Waals surface area contributed by atoms with E-state index in [1.807, 2.05) is 24.3 Å². The quantitative estimate of drug-likeness (QED) is 0.831. The largest absolute Gasteiger partial charge is 0.371 e. The van der Waals surface area contributed by atoms with E-state index >= 15 is 0 Å². The molecule has 0 saturated carbocycles. The second-order valence-corrected chi connectivity index (χ2v) is 4.25. The first-order valence-corrected chi connectivity index (χ1v) is 5.34. The van der Waals surface area contributed by atoms with E-state index in [9.17, 15) is 4.79 Å². The summed E-state index contributed by atoms with van der Waals surface area (Å²) in [6.45, 7) is 1.60. The SMILES string of the molecule is NC(=O)C1CCN(c2ccc(Cl)cc2)C1. The minimum atomic E-state index is -0.202. The van der Waals surface area contributed by atoms with Gasteiger partial charge in [0.15, 0.2) is 0 Å². The minimum Gasteiger partial charge on any atom is -0.371 e. The predicted molar refractivity (Wildman–Crippen MR) is 61.0 cm³/mol. The van der Waals surface area contributed by atoms with E-state index in [0.717, 1.165) is 30.2 Å². The highest BCUT2D eigenvalue weighted by Crippen LogP contribution is 2.24. The van der Waals surface area contributed by atoms with Crippen LogP contribution in [0.4, 0.5) is 5.69 Å². The fourth-order valence-corrected chi connectivity index (χ4v) is 2.00. The molecule has 80 valence electrons. The smallest absolute Gasteiger partial charge is 0.222 e. The van der Waals surface area contributed by atoms with Gasteiger partial charge in [-0.1, -0.05) is 11.6 Å². The van der Waals surface area contributed by atoms with Gasteiger partial charge in [0, 0.05) is 23.8 Å². The molecule has 3 nitrogen and oxygen atoms in total. The van der Waals surface area contributed by atoms with Gasteiger partial charge in [0.25, 0.3) is 0 Å². The number of halogens is 1. The summed E-state index contributed by atoms with van der Waals surface area (Å²) < 4.78 is 0. The van der Waals surface area contributed by atoms with Gasteiger partial charge < -0.3 is 10.6 Å². The zero-order valence-electron chi connectivity index (χ0n) is 8.32. The van der Waals surface area contributed by atoms with Crippen molar-refractivity contribution in [3.63, 3.8) is 0 Å². The molecule has 1 fully saturated rings. The molecule has 0 spiro atoms. The highest BCUT2D eigenvalue weighted by molar-refractivity contribution is 6.30. The van der Waals surface area contributed by atoms with Gasteiger partial charge in [-0.25, -0.2) is 0 Å². The Balaban J connectivity index is 2.07. The molecule has 1 amide bonds. The normalized spacial score (nSPS) is 20.6. The first-order chi connectivity index (χ1) is 7.16. The number of amides is 1. The second kappa shape index (κ2) is 4.11. The Morgan fingerprint density at radius 1 is 1.40 bits per heavy atom. The van der Waals surface area contributed by atoms with Crippen LogP contribution in [0.1, 0.15) is 6.42 Å². The molecule has 1 heterocycles. The molecule has 1 atom stereocenters. The number of carbonyl (C=O) groups is 1. The van der Waals surface area contributed by atoms with Gasteiger partial charge in [-0.3, -0.25) is 4.79 Å². The van der Waals surface area contributed by atoms with Crippen LogP contribution in [0.25, 0.3) is 0 Å². The molecule has 1 aliphatic heterocycles. The zero-order chi connectivity index (χ0) is 10.8. The number of anilines is 1. The number of rotatable bonds is 2. The molecule has 1 saturated heterocycles. The topological polar surface area (TPSA) is 46.3 Å². The number of carbonyl (C=O) groups excluding carboxylic acids is 1. The summed E-state index contributed by atoms with van der Waals surface area (Å²) in [6, 6.07) is 7.64. The second-order valence-electron chi connectivity index (χ2n) is 3.81. The van der Waals surface area contributed by atoms with Crippen LogP contribution in [0.3, 0.4) is 0 Å². The molecule has 1 unspecified atom stereocenters. The van der Waals surface area contributed by atoms with Gasteiger partial charge in [0.1, 0.15) is 0 Å². The van der Waals surface area contributed by atoms with Crippen molar-refractivity contribution >= 4 is 23.2 Å². The monoisotopic (exact) mass is 224 g/mol. The third-order valence-electron chi connectivity index (χ3n) is 2.78. The van der Waals surface area contributed by atoms with E-state index in [4.69, 9.17) is 17.3 Å². The van der Waals surface area contributed by atoms with Crippen molar-refractivity contribution in [2.45, 2.75) is 6.42 Å². The van der Waals surface area contributed by atoms with Crippen LogP contribution in [0.5, 0.6) is 0 Å². The Labute approximate surface area is 93.8 Å². The van der Waals surface area contributed by atoms with E-state index in [-0.39, 0.29) is 11.8 Å². The maximum Gasteiger partial charge on any atom is 0.222 e. The summed E-state index contributed by atoms with van der Waals surface area (Å²) in [5.41, 5.74) is 6.38. The molecule has 1 aliphatic rings. The van der Waals surface area contributed by atoms with E-state index in [0.29, 0.717) is 0 Å². The number of hydrogen-bond acceptors (Lipinski definition) is 2. The average molecular weight is 225 g/mol. The van der Waals surface area contributed by atoms with Crippen LogP contribution in [0, 0.1) is 5.92 Å². The summed E-state index contributed by atoms with van der Waals surface area (Å²) in [5.74, 6) is -0.216. The van der Waals surface area contributed by atoms with Crippen molar-refractivity contribution in [3.8, 4) is 0 Å². The molecule has 1 aromatic carbocycles. The predicted octanol–water partition coefficient (Wildman–Crippen LogP) is 1.65.